The molecule has 0 aliphatic heterocycles. The van der Waals surface area contributed by atoms with Gasteiger partial charge in [-0.1, -0.05) is 40.0 Å². The second-order valence-corrected chi connectivity index (χ2v) is 5.40. The number of carbonyl (C=O) groups excluding carboxylic acids is 1. The SMILES string of the molecule is CCCCC[C@H](NC(O)[C@@H](NC(=O)OC)C(C)C)C(=O)O. The van der Waals surface area contributed by atoms with Gasteiger partial charge in [0.2, 0.25) is 0 Å². The number of aliphatic hydroxyl groups excluding tert-OH is 1. The number of rotatable bonds is 10. The second-order valence-electron chi connectivity index (χ2n) is 5.40. The van der Waals surface area contributed by atoms with Crippen LogP contribution in [0.2, 0.25) is 0 Å². The molecule has 3 atom stereocenters. The van der Waals surface area contributed by atoms with Crippen molar-refractivity contribution in [2.45, 2.75) is 64.8 Å². The van der Waals surface area contributed by atoms with Gasteiger partial charge in [0.05, 0.1) is 13.2 Å². The molecule has 7 heteroatoms. The van der Waals surface area contributed by atoms with Crippen molar-refractivity contribution in [2.24, 2.45) is 5.92 Å². The molecule has 0 aromatic heterocycles. The first kappa shape index (κ1) is 19.7. The monoisotopic (exact) mass is 304 g/mol. The average Bonchev–Trinajstić information content (AvgIpc) is 2.42. The number of carboxylic acids is 1. The van der Waals surface area contributed by atoms with E-state index in [1.807, 2.05) is 20.8 Å². The third kappa shape index (κ3) is 7.87. The van der Waals surface area contributed by atoms with Crippen LogP contribution in [-0.4, -0.2) is 47.7 Å². The van der Waals surface area contributed by atoms with Crippen molar-refractivity contribution in [3.05, 3.63) is 0 Å². The minimum atomic E-state index is -1.16. The maximum atomic E-state index is 11.3. The van der Waals surface area contributed by atoms with Crippen LogP contribution in [0.3, 0.4) is 0 Å². The van der Waals surface area contributed by atoms with Crippen molar-refractivity contribution in [2.75, 3.05) is 7.11 Å². The van der Waals surface area contributed by atoms with Gasteiger partial charge in [0.25, 0.3) is 0 Å². The fraction of sp³-hybridized carbons (Fsp3) is 0.857. The highest BCUT2D eigenvalue weighted by Gasteiger charge is 2.29. The van der Waals surface area contributed by atoms with Gasteiger partial charge in [0.15, 0.2) is 0 Å². The Morgan fingerprint density at radius 1 is 1.24 bits per heavy atom. The van der Waals surface area contributed by atoms with Gasteiger partial charge in [-0.25, -0.2) is 4.79 Å². The van der Waals surface area contributed by atoms with E-state index in [2.05, 4.69) is 15.4 Å². The molecule has 124 valence electrons. The van der Waals surface area contributed by atoms with E-state index in [-0.39, 0.29) is 5.92 Å². The van der Waals surface area contributed by atoms with E-state index in [1.54, 1.807) is 0 Å². The molecule has 0 fully saturated rings. The summed E-state index contributed by atoms with van der Waals surface area (Å²) >= 11 is 0. The van der Waals surface area contributed by atoms with Crippen molar-refractivity contribution in [1.29, 1.82) is 0 Å². The lowest BCUT2D eigenvalue weighted by molar-refractivity contribution is -0.141. The summed E-state index contributed by atoms with van der Waals surface area (Å²) in [4.78, 5) is 22.5. The maximum Gasteiger partial charge on any atom is 0.407 e. The summed E-state index contributed by atoms with van der Waals surface area (Å²) in [7, 11) is 1.23. The lowest BCUT2D eigenvalue weighted by Gasteiger charge is -2.29. The summed E-state index contributed by atoms with van der Waals surface area (Å²) in [6, 6.07) is -1.47. The van der Waals surface area contributed by atoms with E-state index in [9.17, 15) is 19.8 Å². The van der Waals surface area contributed by atoms with Gasteiger partial charge in [0.1, 0.15) is 12.3 Å². The quantitative estimate of drug-likeness (QED) is 0.358. The number of ether oxygens (including phenoxy) is 1. The zero-order valence-electron chi connectivity index (χ0n) is 13.3. The Labute approximate surface area is 126 Å². The second kappa shape index (κ2) is 10.4. The number of unbranched alkanes of at least 4 members (excludes halogenated alkanes) is 2. The number of aliphatic hydroxyl groups is 1. The molecule has 0 heterocycles. The molecule has 0 aromatic carbocycles. The molecule has 0 spiro atoms. The number of alkyl carbamates (subject to hydrolysis) is 1. The van der Waals surface area contributed by atoms with Crippen LogP contribution in [0, 0.1) is 5.92 Å². The molecule has 0 rings (SSSR count). The third-order valence-corrected chi connectivity index (χ3v) is 3.29. The van der Waals surface area contributed by atoms with Crippen LogP contribution in [0.25, 0.3) is 0 Å². The number of nitrogens with one attached hydrogen (secondary N) is 2. The molecule has 21 heavy (non-hydrogen) atoms. The number of amides is 1. The molecule has 0 aliphatic carbocycles. The van der Waals surface area contributed by atoms with Crippen molar-refractivity contribution in [3.8, 4) is 0 Å². The number of carboxylic acid groups (broad SMARTS) is 1. The third-order valence-electron chi connectivity index (χ3n) is 3.29. The normalized spacial score (nSPS) is 15.3. The molecular weight excluding hydrogens is 276 g/mol. The maximum absolute atomic E-state index is 11.3. The summed E-state index contributed by atoms with van der Waals surface area (Å²) < 4.78 is 4.51. The van der Waals surface area contributed by atoms with Crippen LogP contribution in [0.5, 0.6) is 0 Å². The molecule has 0 radical (unpaired) electrons. The summed E-state index contributed by atoms with van der Waals surface area (Å²) in [5.74, 6) is -1.09. The van der Waals surface area contributed by atoms with Crippen LogP contribution in [-0.2, 0) is 9.53 Å². The van der Waals surface area contributed by atoms with Crippen molar-refractivity contribution >= 4 is 12.1 Å². The number of hydrogen-bond donors (Lipinski definition) is 4. The Morgan fingerprint density at radius 2 is 1.86 bits per heavy atom. The fourth-order valence-corrected chi connectivity index (χ4v) is 1.99. The highest BCUT2D eigenvalue weighted by molar-refractivity contribution is 5.73. The lowest BCUT2D eigenvalue weighted by atomic mass is 10.0. The van der Waals surface area contributed by atoms with E-state index in [0.717, 1.165) is 19.3 Å². The standard InChI is InChI=1S/C14H28N2O5/c1-5-6-7-8-10(13(18)19)15-12(17)11(9(2)3)16-14(20)21-4/h9-12,15,17H,5-8H2,1-4H3,(H,16,20)(H,18,19)/t10-,11-,12?/m0/s1. The first-order valence-electron chi connectivity index (χ1n) is 7.34. The first-order valence-corrected chi connectivity index (χ1v) is 7.34. The van der Waals surface area contributed by atoms with Gasteiger partial charge < -0.3 is 20.3 Å². The number of aliphatic carboxylic acids is 1. The Hall–Kier alpha value is -1.34. The summed E-state index contributed by atoms with van der Waals surface area (Å²) in [6.07, 6.45) is 1.31. The van der Waals surface area contributed by atoms with Gasteiger partial charge in [-0.05, 0) is 12.3 Å². The number of methoxy groups -OCH3 is 1. The molecular formula is C14H28N2O5. The summed E-state index contributed by atoms with van der Waals surface area (Å²) in [5.41, 5.74) is 0. The van der Waals surface area contributed by atoms with Crippen LogP contribution in [0.15, 0.2) is 0 Å². The summed E-state index contributed by atoms with van der Waals surface area (Å²) in [6.45, 7) is 5.67. The summed E-state index contributed by atoms with van der Waals surface area (Å²) in [5, 5.41) is 24.5. The van der Waals surface area contributed by atoms with E-state index < -0.39 is 30.4 Å². The van der Waals surface area contributed by atoms with E-state index in [4.69, 9.17) is 0 Å². The predicted molar refractivity (Wildman–Crippen MR) is 78.9 cm³/mol. The van der Waals surface area contributed by atoms with Gasteiger partial charge in [0, 0.05) is 0 Å². The highest BCUT2D eigenvalue weighted by Crippen LogP contribution is 2.09. The van der Waals surface area contributed by atoms with E-state index in [1.165, 1.54) is 7.11 Å². The molecule has 1 amide bonds. The Morgan fingerprint density at radius 3 is 2.29 bits per heavy atom. The number of carbonyl (C=O) groups is 2. The Bertz CT molecular complexity index is 322. The molecule has 7 nitrogen and oxygen atoms in total. The predicted octanol–water partition coefficient (Wildman–Crippen LogP) is 1.31. The smallest absolute Gasteiger partial charge is 0.407 e. The molecule has 0 bridgehead atoms. The highest BCUT2D eigenvalue weighted by atomic mass is 16.5. The fourth-order valence-electron chi connectivity index (χ4n) is 1.99. The van der Waals surface area contributed by atoms with Crippen LogP contribution in [0.4, 0.5) is 4.79 Å². The van der Waals surface area contributed by atoms with Crippen molar-refractivity contribution in [3.63, 3.8) is 0 Å². The van der Waals surface area contributed by atoms with Gasteiger partial charge >= 0.3 is 12.1 Å². The largest absolute Gasteiger partial charge is 0.480 e. The molecule has 0 aliphatic rings. The molecule has 0 saturated carbocycles. The zero-order chi connectivity index (χ0) is 16.4. The minimum Gasteiger partial charge on any atom is -0.480 e. The van der Waals surface area contributed by atoms with Gasteiger partial charge in [-0.2, -0.15) is 0 Å². The van der Waals surface area contributed by atoms with Crippen LogP contribution in [0.1, 0.15) is 46.5 Å². The molecule has 0 saturated heterocycles. The molecule has 4 N–H and O–H groups in total. The Kier molecular flexibility index (Phi) is 9.73. The van der Waals surface area contributed by atoms with Crippen molar-refractivity contribution in [1.82, 2.24) is 10.6 Å². The van der Waals surface area contributed by atoms with E-state index >= 15 is 0 Å². The zero-order valence-corrected chi connectivity index (χ0v) is 13.3. The lowest BCUT2D eigenvalue weighted by Crippen LogP contribution is -2.56. The number of hydrogen-bond acceptors (Lipinski definition) is 5. The molecule has 1 unspecified atom stereocenters. The van der Waals surface area contributed by atoms with E-state index in [0.29, 0.717) is 6.42 Å². The van der Waals surface area contributed by atoms with Crippen molar-refractivity contribution < 1.29 is 24.5 Å². The first-order chi connectivity index (χ1) is 9.83. The minimum absolute atomic E-state index is 0.0864. The Balaban J connectivity index is 4.63. The van der Waals surface area contributed by atoms with Gasteiger partial charge in [-0.3, -0.25) is 10.1 Å². The topological polar surface area (TPSA) is 108 Å². The average molecular weight is 304 g/mol. The van der Waals surface area contributed by atoms with Crippen LogP contribution >= 0.6 is 0 Å². The van der Waals surface area contributed by atoms with Gasteiger partial charge in [-0.15, -0.1) is 0 Å². The molecule has 0 aromatic rings. The van der Waals surface area contributed by atoms with Crippen LogP contribution < -0.4 is 10.6 Å².